The molecule has 0 rings (SSSR count). The molecule has 0 saturated carbocycles. The normalized spacial score (nSPS) is 12.1. The lowest BCUT2D eigenvalue weighted by atomic mass is 10.6. The van der Waals surface area contributed by atoms with Gasteiger partial charge in [0.05, 0.1) is 59.5 Å². The molecule has 0 aromatic heterocycles. The van der Waals surface area contributed by atoms with Crippen LogP contribution in [0.4, 0.5) is 0 Å². The number of azide groups is 1. The second-order valence-electron chi connectivity index (χ2n) is 3.87. The first-order chi connectivity index (χ1) is 10.3. The van der Waals surface area contributed by atoms with E-state index in [1.807, 2.05) is 0 Å². The Morgan fingerprint density at radius 2 is 1.29 bits per heavy atom. The highest BCUT2D eigenvalue weighted by Crippen LogP contribution is 1.86. The van der Waals surface area contributed by atoms with Gasteiger partial charge < -0.3 is 28.8 Å². The Morgan fingerprint density at radius 3 is 1.71 bits per heavy atom. The maximum atomic E-state index is 8.82. The fourth-order valence-electron chi connectivity index (χ4n) is 1.19. The first kappa shape index (κ1) is 20.1. The number of hydrogen-bond donors (Lipinski definition) is 1. The van der Waals surface area contributed by atoms with Crippen LogP contribution in [0, 0.1) is 0 Å². The van der Waals surface area contributed by atoms with Crippen LogP contribution in [0.2, 0.25) is 0 Å². The molecule has 0 fully saturated rings. The zero-order valence-corrected chi connectivity index (χ0v) is 12.5. The summed E-state index contributed by atoms with van der Waals surface area (Å²) in [5.41, 5.74) is 8.03. The number of hydrogen-bond acceptors (Lipinski definition) is 7. The SMILES string of the molecule is C[C@H](O)OCCOCCOCCOCCOCCN=[N+]=[N-]. The highest BCUT2D eigenvalue weighted by atomic mass is 16.6. The van der Waals surface area contributed by atoms with Crippen LogP contribution in [-0.2, 0) is 23.7 Å². The zero-order chi connectivity index (χ0) is 15.6. The van der Waals surface area contributed by atoms with Crippen molar-refractivity contribution in [1.82, 2.24) is 0 Å². The molecular weight excluding hydrogens is 282 g/mol. The van der Waals surface area contributed by atoms with Crippen molar-refractivity contribution in [3.05, 3.63) is 10.4 Å². The maximum absolute atomic E-state index is 8.82. The summed E-state index contributed by atoms with van der Waals surface area (Å²) in [6.07, 6.45) is -0.759. The van der Waals surface area contributed by atoms with Crippen molar-refractivity contribution in [2.75, 3.05) is 66.0 Å². The quantitative estimate of drug-likeness (QED) is 0.148. The second-order valence-corrected chi connectivity index (χ2v) is 3.87. The Bertz CT molecular complexity index is 261. The highest BCUT2D eigenvalue weighted by Gasteiger charge is 1.95. The first-order valence-corrected chi connectivity index (χ1v) is 6.89. The van der Waals surface area contributed by atoms with E-state index in [1.165, 1.54) is 0 Å². The zero-order valence-electron chi connectivity index (χ0n) is 12.5. The van der Waals surface area contributed by atoms with E-state index >= 15 is 0 Å². The van der Waals surface area contributed by atoms with Gasteiger partial charge in [0, 0.05) is 11.5 Å². The van der Waals surface area contributed by atoms with Crippen LogP contribution in [0.25, 0.3) is 10.4 Å². The third-order valence-electron chi connectivity index (χ3n) is 2.10. The fraction of sp³-hybridized carbons (Fsp3) is 1.00. The van der Waals surface area contributed by atoms with Gasteiger partial charge in [-0.25, -0.2) is 0 Å². The van der Waals surface area contributed by atoms with Gasteiger partial charge in [-0.2, -0.15) is 0 Å². The average molecular weight is 307 g/mol. The van der Waals surface area contributed by atoms with Gasteiger partial charge in [0.15, 0.2) is 6.29 Å². The summed E-state index contributed by atoms with van der Waals surface area (Å²) in [5.74, 6) is 0. The van der Waals surface area contributed by atoms with Gasteiger partial charge in [0.25, 0.3) is 0 Å². The standard InChI is InChI=1S/C12H25N3O6/c1-12(16)21-11-10-20-9-8-19-7-6-18-5-4-17-3-2-14-15-13/h12,16H,2-11H2,1H3/t12-/m1/s1. The third kappa shape index (κ3) is 19.1. The van der Waals surface area contributed by atoms with E-state index in [-0.39, 0.29) is 0 Å². The molecule has 9 nitrogen and oxygen atoms in total. The molecule has 1 atom stereocenters. The summed E-state index contributed by atoms with van der Waals surface area (Å²) < 4.78 is 25.8. The van der Waals surface area contributed by atoms with Crippen LogP contribution in [0.3, 0.4) is 0 Å². The predicted octanol–water partition coefficient (Wildman–Crippen LogP) is 0.718. The van der Waals surface area contributed by atoms with Crippen LogP contribution in [-0.4, -0.2) is 77.4 Å². The average Bonchev–Trinajstić information content (AvgIpc) is 2.46. The van der Waals surface area contributed by atoms with Gasteiger partial charge in [-0.3, -0.25) is 0 Å². The molecule has 1 N–H and O–H groups in total. The monoisotopic (exact) mass is 307 g/mol. The molecule has 9 heteroatoms. The largest absolute Gasteiger partial charge is 0.379 e. The van der Waals surface area contributed by atoms with Crippen molar-refractivity contribution < 1.29 is 28.8 Å². The van der Waals surface area contributed by atoms with Crippen LogP contribution in [0.1, 0.15) is 6.92 Å². The van der Waals surface area contributed by atoms with E-state index in [2.05, 4.69) is 10.0 Å². The smallest absolute Gasteiger partial charge is 0.151 e. The van der Waals surface area contributed by atoms with Crippen LogP contribution in [0.5, 0.6) is 0 Å². The minimum absolute atomic E-state index is 0.335. The van der Waals surface area contributed by atoms with Gasteiger partial charge in [-0.05, 0) is 12.5 Å². The van der Waals surface area contributed by atoms with E-state index in [4.69, 9.17) is 34.3 Å². The Balaban J connectivity index is 2.98. The van der Waals surface area contributed by atoms with Crippen LogP contribution >= 0.6 is 0 Å². The molecule has 0 amide bonds. The second kappa shape index (κ2) is 17.1. The molecule has 0 aliphatic heterocycles. The molecule has 21 heavy (non-hydrogen) atoms. The third-order valence-corrected chi connectivity index (χ3v) is 2.10. The molecule has 0 unspecified atom stereocenters. The van der Waals surface area contributed by atoms with Crippen LogP contribution in [0.15, 0.2) is 5.11 Å². The fourth-order valence-corrected chi connectivity index (χ4v) is 1.19. The van der Waals surface area contributed by atoms with E-state index in [0.29, 0.717) is 66.0 Å². The van der Waals surface area contributed by atoms with Crippen molar-refractivity contribution in [3.63, 3.8) is 0 Å². The van der Waals surface area contributed by atoms with Crippen molar-refractivity contribution >= 4 is 0 Å². The molecule has 0 heterocycles. The molecule has 0 aromatic carbocycles. The van der Waals surface area contributed by atoms with E-state index in [0.717, 1.165) is 0 Å². The minimum Gasteiger partial charge on any atom is -0.379 e. The Morgan fingerprint density at radius 1 is 0.857 bits per heavy atom. The molecule has 0 bridgehead atoms. The molecule has 0 spiro atoms. The lowest BCUT2D eigenvalue weighted by Gasteiger charge is -2.08. The molecule has 0 aliphatic rings. The molecule has 0 saturated heterocycles. The molecule has 124 valence electrons. The van der Waals surface area contributed by atoms with Gasteiger partial charge >= 0.3 is 0 Å². The first-order valence-electron chi connectivity index (χ1n) is 6.89. The van der Waals surface area contributed by atoms with E-state index in [9.17, 15) is 0 Å². The Labute approximate surface area is 124 Å². The number of nitrogens with zero attached hydrogens (tertiary/aromatic N) is 3. The number of aliphatic hydroxyl groups excluding tert-OH is 1. The van der Waals surface area contributed by atoms with Gasteiger partial charge in [0.1, 0.15) is 0 Å². The summed E-state index contributed by atoms with van der Waals surface area (Å²) in [6.45, 7) is 5.97. The molecular formula is C12H25N3O6. The molecule has 0 radical (unpaired) electrons. The van der Waals surface area contributed by atoms with Crippen molar-refractivity contribution in [2.45, 2.75) is 13.2 Å². The maximum Gasteiger partial charge on any atom is 0.151 e. The topological polar surface area (TPSA) is 115 Å². The summed E-state index contributed by atoms with van der Waals surface area (Å²) in [4.78, 5) is 2.61. The van der Waals surface area contributed by atoms with Crippen LogP contribution < -0.4 is 0 Å². The lowest BCUT2D eigenvalue weighted by Crippen LogP contribution is -2.15. The van der Waals surface area contributed by atoms with Gasteiger partial charge in [-0.15, -0.1) is 0 Å². The van der Waals surface area contributed by atoms with E-state index < -0.39 is 6.29 Å². The van der Waals surface area contributed by atoms with Crippen molar-refractivity contribution in [1.29, 1.82) is 0 Å². The summed E-state index contributed by atoms with van der Waals surface area (Å²) in [6, 6.07) is 0. The molecule has 0 aromatic rings. The summed E-state index contributed by atoms with van der Waals surface area (Å²) >= 11 is 0. The summed E-state index contributed by atoms with van der Waals surface area (Å²) in [5, 5.41) is 12.2. The Kier molecular flexibility index (Phi) is 16.4. The van der Waals surface area contributed by atoms with Crippen molar-refractivity contribution in [2.24, 2.45) is 5.11 Å². The van der Waals surface area contributed by atoms with Gasteiger partial charge in [0.2, 0.25) is 0 Å². The molecule has 0 aliphatic carbocycles. The highest BCUT2D eigenvalue weighted by molar-refractivity contribution is 4.44. The van der Waals surface area contributed by atoms with E-state index in [1.54, 1.807) is 6.92 Å². The predicted molar refractivity (Wildman–Crippen MR) is 74.9 cm³/mol. The number of aliphatic hydroxyl groups is 1. The lowest BCUT2D eigenvalue weighted by molar-refractivity contribution is -0.102. The Hall–Kier alpha value is -0.930. The van der Waals surface area contributed by atoms with Crippen molar-refractivity contribution in [3.8, 4) is 0 Å². The number of rotatable bonds is 16. The minimum atomic E-state index is -0.759. The van der Waals surface area contributed by atoms with Gasteiger partial charge in [-0.1, -0.05) is 5.11 Å². The summed E-state index contributed by atoms with van der Waals surface area (Å²) in [7, 11) is 0. The number of ether oxygens (including phenoxy) is 5.